The van der Waals surface area contributed by atoms with Gasteiger partial charge >= 0.3 is 5.97 Å². The zero-order chi connectivity index (χ0) is 17.1. The molecule has 0 bridgehead atoms. The predicted octanol–water partition coefficient (Wildman–Crippen LogP) is 4.07. The molecule has 2 aromatic heterocycles. The molecule has 0 aliphatic heterocycles. The summed E-state index contributed by atoms with van der Waals surface area (Å²) in [5, 5.41) is 1.26. The lowest BCUT2D eigenvalue weighted by atomic mass is 10.2. The first-order valence-corrected chi connectivity index (χ1v) is 7.94. The van der Waals surface area contributed by atoms with E-state index in [0.29, 0.717) is 21.5 Å². The van der Waals surface area contributed by atoms with Crippen LogP contribution in [0.25, 0.3) is 5.65 Å². The molecule has 0 N–H and O–H groups in total. The number of rotatable bonds is 5. The maximum Gasteiger partial charge on any atom is 0.344 e. The van der Waals surface area contributed by atoms with E-state index in [-0.39, 0.29) is 13.2 Å². The highest BCUT2D eigenvalue weighted by Gasteiger charge is 2.08. The van der Waals surface area contributed by atoms with Gasteiger partial charge in [-0.2, -0.15) is 0 Å². The molecule has 1 aromatic carbocycles. The van der Waals surface area contributed by atoms with E-state index in [1.165, 1.54) is 0 Å². The number of nitrogens with zero attached hydrogens (tertiary/aromatic N) is 2. The number of halogens is 2. The van der Waals surface area contributed by atoms with Gasteiger partial charge < -0.3 is 13.9 Å². The van der Waals surface area contributed by atoms with Gasteiger partial charge in [0, 0.05) is 17.4 Å². The van der Waals surface area contributed by atoms with Crippen LogP contribution in [0.5, 0.6) is 5.75 Å². The number of imidazole rings is 1. The summed E-state index contributed by atoms with van der Waals surface area (Å²) in [6, 6.07) is 8.73. The minimum atomic E-state index is -0.474. The quantitative estimate of drug-likeness (QED) is 0.640. The van der Waals surface area contributed by atoms with Crippen LogP contribution < -0.4 is 4.74 Å². The van der Waals surface area contributed by atoms with Crippen LogP contribution in [0.15, 0.2) is 42.7 Å². The van der Waals surface area contributed by atoms with Crippen LogP contribution in [-0.4, -0.2) is 22.0 Å². The van der Waals surface area contributed by atoms with Crippen molar-refractivity contribution in [2.24, 2.45) is 0 Å². The molecule has 0 amide bonds. The van der Waals surface area contributed by atoms with Crippen molar-refractivity contribution in [3.63, 3.8) is 0 Å². The van der Waals surface area contributed by atoms with Crippen molar-refractivity contribution in [3.8, 4) is 5.75 Å². The Morgan fingerprint density at radius 2 is 2.04 bits per heavy atom. The van der Waals surface area contributed by atoms with Gasteiger partial charge in [0.25, 0.3) is 0 Å². The van der Waals surface area contributed by atoms with E-state index in [1.807, 2.05) is 6.92 Å². The Kier molecular flexibility index (Phi) is 4.92. The van der Waals surface area contributed by atoms with Crippen molar-refractivity contribution < 1.29 is 14.3 Å². The molecular formula is C17H14Cl2N2O3. The van der Waals surface area contributed by atoms with Gasteiger partial charge in [-0.3, -0.25) is 0 Å². The Bertz CT molecular complexity index is 893. The summed E-state index contributed by atoms with van der Waals surface area (Å²) < 4.78 is 12.3. The van der Waals surface area contributed by atoms with Crippen molar-refractivity contribution in [3.05, 3.63) is 64.0 Å². The van der Waals surface area contributed by atoms with Crippen LogP contribution in [0.3, 0.4) is 0 Å². The SMILES string of the molecule is Cc1cc(OCC(=O)OCc2cn3cc(Cl)ccc3n2)ccc1Cl. The number of pyridine rings is 1. The number of carbonyl (C=O) groups excluding carboxylic acids is 1. The molecule has 3 aromatic rings. The van der Waals surface area contributed by atoms with Gasteiger partial charge in [0.15, 0.2) is 6.61 Å². The Balaban J connectivity index is 1.53. The van der Waals surface area contributed by atoms with Crippen molar-refractivity contribution in [2.75, 3.05) is 6.61 Å². The van der Waals surface area contributed by atoms with Gasteiger partial charge in [-0.15, -0.1) is 0 Å². The third-order valence-corrected chi connectivity index (χ3v) is 3.98. The van der Waals surface area contributed by atoms with E-state index < -0.39 is 5.97 Å². The molecule has 0 spiro atoms. The summed E-state index contributed by atoms with van der Waals surface area (Å²) in [6.07, 6.45) is 3.50. The number of esters is 1. The Labute approximate surface area is 148 Å². The van der Waals surface area contributed by atoms with E-state index in [0.717, 1.165) is 11.2 Å². The van der Waals surface area contributed by atoms with Crippen LogP contribution >= 0.6 is 23.2 Å². The maximum atomic E-state index is 11.8. The number of aryl methyl sites for hydroxylation is 1. The van der Waals surface area contributed by atoms with Gasteiger partial charge in [0.05, 0.1) is 10.7 Å². The second-order valence-corrected chi connectivity index (χ2v) is 6.05. The normalized spacial score (nSPS) is 10.8. The van der Waals surface area contributed by atoms with Crippen LogP contribution in [0.2, 0.25) is 10.0 Å². The first-order valence-electron chi connectivity index (χ1n) is 7.19. The number of hydrogen-bond donors (Lipinski definition) is 0. The van der Waals surface area contributed by atoms with E-state index in [4.69, 9.17) is 32.7 Å². The molecule has 0 aliphatic rings. The number of hydrogen-bond acceptors (Lipinski definition) is 4. The predicted molar refractivity (Wildman–Crippen MR) is 91.7 cm³/mol. The molecule has 124 valence electrons. The molecule has 0 saturated carbocycles. The van der Waals surface area contributed by atoms with Crippen LogP contribution in [0.1, 0.15) is 11.3 Å². The number of ether oxygens (including phenoxy) is 2. The van der Waals surface area contributed by atoms with Gasteiger partial charge in [-0.25, -0.2) is 9.78 Å². The van der Waals surface area contributed by atoms with E-state index in [2.05, 4.69) is 4.98 Å². The molecule has 3 rings (SSSR count). The van der Waals surface area contributed by atoms with Crippen LogP contribution in [-0.2, 0) is 16.1 Å². The molecule has 7 heteroatoms. The highest BCUT2D eigenvalue weighted by molar-refractivity contribution is 6.31. The lowest BCUT2D eigenvalue weighted by Crippen LogP contribution is -2.14. The van der Waals surface area contributed by atoms with Gasteiger partial charge in [-0.05, 0) is 42.8 Å². The standard InChI is InChI=1S/C17H14Cl2N2O3/c1-11-6-14(3-4-15(11)19)23-10-17(22)24-9-13-8-21-7-12(18)2-5-16(21)20-13/h2-8H,9-10H2,1H3. The molecule has 0 unspecified atom stereocenters. The monoisotopic (exact) mass is 364 g/mol. The Morgan fingerprint density at radius 3 is 2.83 bits per heavy atom. The van der Waals surface area contributed by atoms with Crippen molar-refractivity contribution in [1.29, 1.82) is 0 Å². The average molecular weight is 365 g/mol. The lowest BCUT2D eigenvalue weighted by Gasteiger charge is -2.07. The highest BCUT2D eigenvalue weighted by atomic mass is 35.5. The lowest BCUT2D eigenvalue weighted by molar-refractivity contribution is -0.147. The highest BCUT2D eigenvalue weighted by Crippen LogP contribution is 2.21. The minimum absolute atomic E-state index is 0.0706. The molecule has 5 nitrogen and oxygen atoms in total. The fourth-order valence-corrected chi connectivity index (χ4v) is 2.42. The molecule has 0 aliphatic carbocycles. The van der Waals surface area contributed by atoms with Gasteiger partial charge in [0.2, 0.25) is 0 Å². The largest absolute Gasteiger partial charge is 0.482 e. The number of fused-ring (bicyclic) bond motifs is 1. The van der Waals surface area contributed by atoms with Crippen LogP contribution in [0.4, 0.5) is 0 Å². The molecule has 24 heavy (non-hydrogen) atoms. The van der Waals surface area contributed by atoms with Gasteiger partial charge in [0.1, 0.15) is 18.0 Å². The summed E-state index contributed by atoms with van der Waals surface area (Å²) in [6.45, 7) is 1.75. The maximum absolute atomic E-state index is 11.8. The molecule has 2 heterocycles. The average Bonchev–Trinajstić information content (AvgIpc) is 2.96. The number of benzene rings is 1. The molecule has 0 saturated heterocycles. The number of aromatic nitrogens is 2. The first-order chi connectivity index (χ1) is 11.5. The van der Waals surface area contributed by atoms with Gasteiger partial charge in [-0.1, -0.05) is 23.2 Å². The summed E-state index contributed by atoms with van der Waals surface area (Å²) in [4.78, 5) is 16.1. The number of carbonyl (C=O) groups is 1. The summed E-state index contributed by atoms with van der Waals surface area (Å²) in [7, 11) is 0. The summed E-state index contributed by atoms with van der Waals surface area (Å²) in [5.74, 6) is 0.0916. The smallest absolute Gasteiger partial charge is 0.344 e. The van der Waals surface area contributed by atoms with Crippen molar-refractivity contribution in [2.45, 2.75) is 13.5 Å². The zero-order valence-electron chi connectivity index (χ0n) is 12.8. The summed E-state index contributed by atoms with van der Waals surface area (Å²) >= 11 is 11.9. The molecule has 0 fully saturated rings. The van der Waals surface area contributed by atoms with E-state index in [1.54, 1.807) is 47.1 Å². The summed E-state index contributed by atoms with van der Waals surface area (Å²) in [5.41, 5.74) is 2.25. The van der Waals surface area contributed by atoms with Crippen LogP contribution in [0, 0.1) is 6.92 Å². The topological polar surface area (TPSA) is 52.8 Å². The molecule has 0 radical (unpaired) electrons. The third-order valence-electron chi connectivity index (χ3n) is 3.33. The van der Waals surface area contributed by atoms with Crippen molar-refractivity contribution >= 4 is 34.8 Å². The minimum Gasteiger partial charge on any atom is -0.482 e. The second-order valence-electron chi connectivity index (χ2n) is 5.21. The van der Waals surface area contributed by atoms with Crippen molar-refractivity contribution in [1.82, 2.24) is 9.38 Å². The fourth-order valence-electron chi connectivity index (χ4n) is 2.13. The van der Waals surface area contributed by atoms with E-state index >= 15 is 0 Å². The molecule has 0 atom stereocenters. The zero-order valence-corrected chi connectivity index (χ0v) is 14.3. The molecular weight excluding hydrogens is 351 g/mol. The second kappa shape index (κ2) is 7.11. The fraction of sp³-hybridized carbons (Fsp3) is 0.176. The van der Waals surface area contributed by atoms with E-state index in [9.17, 15) is 4.79 Å². The first kappa shape index (κ1) is 16.6. The Morgan fingerprint density at radius 1 is 1.21 bits per heavy atom. The Hall–Kier alpha value is -2.24. The third kappa shape index (κ3) is 3.99.